The molecule has 0 atom stereocenters. The van der Waals surface area contributed by atoms with Crippen molar-refractivity contribution in [3.8, 4) is 0 Å². The van der Waals surface area contributed by atoms with Crippen LogP contribution in [0.4, 0.5) is 0 Å². The summed E-state index contributed by atoms with van der Waals surface area (Å²) in [5.74, 6) is -1.39. The minimum Gasteiger partial charge on any atom is -0.549 e. The van der Waals surface area contributed by atoms with Gasteiger partial charge in [0.15, 0.2) is 0 Å². The molecule has 0 radical (unpaired) electrons. The summed E-state index contributed by atoms with van der Waals surface area (Å²) in [4.78, 5) is 26.0. The molecule has 0 saturated heterocycles. The summed E-state index contributed by atoms with van der Waals surface area (Å²) in [6.07, 6.45) is 4.51. The molecule has 0 unspecified atom stereocenters. The van der Waals surface area contributed by atoms with Crippen molar-refractivity contribution in [1.29, 1.82) is 0 Å². The maximum absolute atomic E-state index is 10.2. The molecule has 0 amide bonds. The van der Waals surface area contributed by atoms with E-state index in [-0.39, 0.29) is 0 Å². The minimum absolute atomic E-state index is 0.550. The van der Waals surface area contributed by atoms with Gasteiger partial charge in [-0.2, -0.15) is 0 Å². The van der Waals surface area contributed by atoms with Crippen LogP contribution >= 0.6 is 7.60 Å². The second kappa shape index (κ2) is 7.08. The van der Waals surface area contributed by atoms with Crippen LogP contribution in [0.5, 0.6) is 0 Å². The lowest BCUT2D eigenvalue weighted by molar-refractivity contribution is -0.303. The van der Waals surface area contributed by atoms with Crippen molar-refractivity contribution >= 4 is 23.5 Å². The van der Waals surface area contributed by atoms with Gasteiger partial charge in [-0.15, -0.1) is 4.21 Å². The van der Waals surface area contributed by atoms with E-state index in [9.17, 15) is 18.7 Å². The Morgan fingerprint density at radius 2 is 1.73 bits per heavy atom. The predicted molar refractivity (Wildman–Crippen MR) is 55.7 cm³/mol. The van der Waals surface area contributed by atoms with E-state index in [4.69, 9.17) is 9.79 Å². The Kier molecular flexibility index (Phi) is 8.09. The van der Waals surface area contributed by atoms with E-state index in [1.54, 1.807) is 18.8 Å². The van der Waals surface area contributed by atoms with Gasteiger partial charge in [0.2, 0.25) is 0 Å². The highest BCUT2D eigenvalue weighted by atomic mass is 32.2. The highest BCUT2D eigenvalue weighted by molar-refractivity contribution is 8.00. The lowest BCUT2D eigenvalue weighted by Gasteiger charge is -2.05. The van der Waals surface area contributed by atoms with Crippen LogP contribution in [-0.4, -0.2) is 47.4 Å². The summed E-state index contributed by atoms with van der Waals surface area (Å²) in [6, 6.07) is 0. The van der Waals surface area contributed by atoms with E-state index < -0.39 is 36.3 Å². The fraction of sp³-hybridized carbons (Fsp3) is 0.833. The van der Waals surface area contributed by atoms with Crippen LogP contribution in [0.15, 0.2) is 0 Å². The molecule has 0 aliphatic carbocycles. The summed E-state index contributed by atoms with van der Waals surface area (Å²) in [5, 5.41) is 11.7. The Morgan fingerprint density at radius 1 is 1.40 bits per heavy atom. The number of carbonyl (C=O) groups is 1. The maximum atomic E-state index is 10.2. The van der Waals surface area contributed by atoms with E-state index in [1.807, 2.05) is 5.32 Å². The first-order valence-corrected chi connectivity index (χ1v) is 8.34. The van der Waals surface area contributed by atoms with E-state index in [0.717, 1.165) is 0 Å². The average Bonchev–Trinajstić information content (AvgIpc) is 1.77. The molecular formula is C6H16NO6PS. The van der Waals surface area contributed by atoms with Gasteiger partial charge < -0.3 is 25.0 Å². The Labute approximate surface area is 89.5 Å². The third-order valence-corrected chi connectivity index (χ3v) is 1.22. The number of carboxylic acids is 1. The fourth-order valence-electron chi connectivity index (χ4n) is 0.304. The standard InChI is InChI=1S/C3H8NO5P.C3H9OS/c5-3(6)1-4-2-10(7,8)9;1-5(2,3)4/h4H,1-2H2,(H,5,6)(H2,7,8,9);1-3H3/q;+1/p-1. The largest absolute Gasteiger partial charge is 0.549 e. The van der Waals surface area contributed by atoms with Gasteiger partial charge >= 0.3 is 7.60 Å². The lowest BCUT2D eigenvalue weighted by atomic mass is 10.7. The maximum Gasteiger partial charge on any atom is 0.339 e. The first-order chi connectivity index (χ1) is 6.42. The highest BCUT2D eigenvalue weighted by Gasteiger charge is 2.10. The number of carboxylic acid groups (broad SMARTS) is 1. The van der Waals surface area contributed by atoms with Gasteiger partial charge in [0.1, 0.15) is 18.8 Å². The second-order valence-corrected chi connectivity index (χ2v) is 8.44. The molecule has 7 nitrogen and oxygen atoms in total. The van der Waals surface area contributed by atoms with E-state index in [1.165, 1.54) is 0 Å². The first-order valence-electron chi connectivity index (χ1n) is 3.76. The molecule has 92 valence electrons. The third-order valence-electron chi connectivity index (χ3n) is 0.587. The normalized spacial score (nSPS) is 11.5. The molecule has 0 rings (SSSR count). The summed E-state index contributed by atoms with van der Waals surface area (Å²) in [5.41, 5.74) is 0. The molecule has 0 aliphatic rings. The number of aliphatic carboxylic acids is 1. The van der Waals surface area contributed by atoms with Gasteiger partial charge in [-0.25, -0.2) is 0 Å². The SMILES string of the molecule is C[S+](C)(C)=O.O=C([O-])CNCP(=O)(O)O. The first kappa shape index (κ1) is 17.1. The molecular weight excluding hydrogens is 245 g/mol. The number of hydrogen-bond donors (Lipinski definition) is 3. The molecule has 0 aromatic heterocycles. The van der Waals surface area contributed by atoms with Crippen LogP contribution < -0.4 is 10.4 Å². The van der Waals surface area contributed by atoms with Crippen molar-refractivity contribution in [2.45, 2.75) is 0 Å². The van der Waals surface area contributed by atoms with Crippen LogP contribution in [-0.2, 0) is 23.5 Å². The van der Waals surface area contributed by atoms with Crippen molar-refractivity contribution in [2.24, 2.45) is 0 Å². The van der Waals surface area contributed by atoms with Gasteiger partial charge in [0, 0.05) is 6.54 Å². The van der Waals surface area contributed by atoms with Gasteiger partial charge in [0.05, 0.1) is 22.2 Å². The Morgan fingerprint density at radius 3 is 1.93 bits per heavy atom. The van der Waals surface area contributed by atoms with E-state index in [0.29, 0.717) is 0 Å². The van der Waals surface area contributed by atoms with Crippen molar-refractivity contribution in [1.82, 2.24) is 5.32 Å². The quantitative estimate of drug-likeness (QED) is 0.388. The summed E-state index contributed by atoms with van der Waals surface area (Å²) >= 11 is 0. The topological polar surface area (TPSA) is 127 Å². The van der Waals surface area contributed by atoms with Crippen LogP contribution in [0.1, 0.15) is 0 Å². The third kappa shape index (κ3) is 41.7. The van der Waals surface area contributed by atoms with Crippen molar-refractivity contribution < 1.29 is 28.5 Å². The number of hydrogen-bond acceptors (Lipinski definition) is 5. The van der Waals surface area contributed by atoms with Gasteiger partial charge in [-0.1, -0.05) is 0 Å². The van der Waals surface area contributed by atoms with E-state index in [2.05, 4.69) is 0 Å². The lowest BCUT2D eigenvalue weighted by Crippen LogP contribution is -2.34. The van der Waals surface area contributed by atoms with E-state index >= 15 is 0 Å². The molecule has 0 bridgehead atoms. The number of rotatable bonds is 4. The molecule has 0 aromatic rings. The predicted octanol–water partition coefficient (Wildman–Crippen LogP) is -2.16. The molecule has 0 aliphatic heterocycles. The molecule has 0 heterocycles. The number of nitrogens with one attached hydrogen (secondary N) is 1. The molecule has 9 heteroatoms. The summed E-state index contributed by atoms with van der Waals surface area (Å²) in [6.45, 7) is -0.550. The highest BCUT2D eigenvalue weighted by Crippen LogP contribution is 2.31. The average molecular weight is 261 g/mol. The van der Waals surface area contributed by atoms with Crippen LogP contribution in [0.25, 0.3) is 0 Å². The molecule has 3 N–H and O–H groups in total. The molecule has 15 heavy (non-hydrogen) atoms. The zero-order chi connectivity index (χ0) is 12.7. The van der Waals surface area contributed by atoms with Crippen LogP contribution in [0.3, 0.4) is 0 Å². The van der Waals surface area contributed by atoms with Crippen molar-refractivity contribution in [3.05, 3.63) is 0 Å². The monoisotopic (exact) mass is 261 g/mol. The molecule has 0 saturated carbocycles. The van der Waals surface area contributed by atoms with Gasteiger partial charge in [-0.3, -0.25) is 4.57 Å². The van der Waals surface area contributed by atoms with Crippen molar-refractivity contribution in [3.63, 3.8) is 0 Å². The molecule has 0 spiro atoms. The smallest absolute Gasteiger partial charge is 0.339 e. The second-order valence-electron chi connectivity index (χ2n) is 3.35. The molecule has 0 fully saturated rings. The minimum atomic E-state index is -4.12. The zero-order valence-corrected chi connectivity index (χ0v) is 10.5. The summed E-state index contributed by atoms with van der Waals surface area (Å²) in [7, 11) is -5.54. The van der Waals surface area contributed by atoms with Gasteiger partial charge in [0.25, 0.3) is 0 Å². The summed E-state index contributed by atoms with van der Waals surface area (Å²) < 4.78 is 20.2. The van der Waals surface area contributed by atoms with Crippen LogP contribution in [0.2, 0.25) is 0 Å². The molecule has 0 aromatic carbocycles. The Bertz CT molecular complexity index is 273. The fourth-order valence-corrected chi connectivity index (χ4v) is 0.707. The zero-order valence-electron chi connectivity index (χ0n) is 8.80. The van der Waals surface area contributed by atoms with Gasteiger partial charge in [-0.05, 0) is 0 Å². The van der Waals surface area contributed by atoms with Crippen LogP contribution in [0, 0.1) is 0 Å². The number of carbonyl (C=O) groups excluding carboxylic acids is 1. The Hall–Kier alpha value is -0.270. The Balaban J connectivity index is 0. The van der Waals surface area contributed by atoms with Crippen molar-refractivity contribution in [2.75, 3.05) is 31.6 Å².